The van der Waals surface area contributed by atoms with E-state index in [0.717, 1.165) is 13.1 Å². The minimum Gasteiger partial charge on any atom is -0.497 e. The van der Waals surface area contributed by atoms with Crippen LogP contribution in [0.15, 0.2) is 18.2 Å². The molecule has 0 spiro atoms. The summed E-state index contributed by atoms with van der Waals surface area (Å²) in [5.74, 6) is 2.81. The summed E-state index contributed by atoms with van der Waals surface area (Å²) >= 11 is 2.02. The van der Waals surface area contributed by atoms with Gasteiger partial charge in [-0.05, 0) is 6.07 Å². The van der Waals surface area contributed by atoms with Crippen molar-refractivity contribution in [3.05, 3.63) is 29.6 Å². The molecule has 0 aliphatic carbocycles. The third-order valence-corrected chi connectivity index (χ3v) is 4.23. The van der Waals surface area contributed by atoms with Gasteiger partial charge in [0.05, 0.1) is 7.11 Å². The number of nitrogens with one attached hydrogen (secondary N) is 1. The summed E-state index contributed by atoms with van der Waals surface area (Å²) in [5.41, 5.74) is 0.690. The minimum atomic E-state index is -0.207. The second kappa shape index (κ2) is 7.72. The van der Waals surface area contributed by atoms with Crippen LogP contribution in [-0.2, 0) is 6.54 Å². The Hall–Kier alpha value is -0.780. The van der Waals surface area contributed by atoms with Gasteiger partial charge >= 0.3 is 0 Å². The van der Waals surface area contributed by atoms with Crippen molar-refractivity contribution >= 4 is 11.8 Å². The highest BCUT2D eigenvalue weighted by Crippen LogP contribution is 2.15. The normalized spacial score (nSPS) is 16.5. The average molecular weight is 284 g/mol. The van der Waals surface area contributed by atoms with Gasteiger partial charge < -0.3 is 15.0 Å². The molecule has 1 aliphatic rings. The predicted octanol–water partition coefficient (Wildman–Crippen LogP) is 1.97. The third-order valence-electron chi connectivity index (χ3n) is 3.28. The molecule has 0 aromatic heterocycles. The first-order valence-corrected chi connectivity index (χ1v) is 7.78. The van der Waals surface area contributed by atoms with Crippen molar-refractivity contribution in [1.29, 1.82) is 0 Å². The Balaban J connectivity index is 1.70. The predicted molar refractivity (Wildman–Crippen MR) is 78.4 cm³/mol. The molecule has 0 saturated carbocycles. The average Bonchev–Trinajstić information content (AvgIpc) is 2.46. The summed E-state index contributed by atoms with van der Waals surface area (Å²) in [6, 6.07) is 5.00. The van der Waals surface area contributed by atoms with Crippen LogP contribution in [0.1, 0.15) is 5.56 Å². The zero-order valence-corrected chi connectivity index (χ0v) is 12.1. The molecule has 1 aliphatic heterocycles. The van der Waals surface area contributed by atoms with Crippen LogP contribution in [0.2, 0.25) is 0 Å². The summed E-state index contributed by atoms with van der Waals surface area (Å²) in [6.07, 6.45) is 0. The molecular formula is C14H21FN2OS. The van der Waals surface area contributed by atoms with Crippen molar-refractivity contribution < 1.29 is 9.13 Å². The Morgan fingerprint density at radius 3 is 2.84 bits per heavy atom. The van der Waals surface area contributed by atoms with E-state index >= 15 is 0 Å². The third kappa shape index (κ3) is 4.67. The van der Waals surface area contributed by atoms with E-state index < -0.39 is 0 Å². The van der Waals surface area contributed by atoms with Gasteiger partial charge in [-0.3, -0.25) is 0 Å². The smallest absolute Gasteiger partial charge is 0.131 e. The number of methoxy groups -OCH3 is 1. The summed E-state index contributed by atoms with van der Waals surface area (Å²) in [5, 5.41) is 3.30. The van der Waals surface area contributed by atoms with Crippen molar-refractivity contribution in [2.24, 2.45) is 0 Å². The first-order valence-electron chi connectivity index (χ1n) is 6.63. The second-order valence-electron chi connectivity index (χ2n) is 4.59. The van der Waals surface area contributed by atoms with Crippen LogP contribution in [0, 0.1) is 5.82 Å². The van der Waals surface area contributed by atoms with Crippen LogP contribution in [0.25, 0.3) is 0 Å². The fraction of sp³-hybridized carbons (Fsp3) is 0.571. The molecule has 3 nitrogen and oxygen atoms in total. The maximum absolute atomic E-state index is 13.7. The van der Waals surface area contributed by atoms with E-state index in [1.54, 1.807) is 19.2 Å². The summed E-state index contributed by atoms with van der Waals surface area (Å²) < 4.78 is 18.7. The summed E-state index contributed by atoms with van der Waals surface area (Å²) in [4.78, 5) is 2.45. The van der Waals surface area contributed by atoms with Gasteiger partial charge in [0.15, 0.2) is 0 Å². The fourth-order valence-electron chi connectivity index (χ4n) is 2.08. The molecule has 0 amide bonds. The van der Waals surface area contributed by atoms with Crippen LogP contribution < -0.4 is 10.1 Å². The Morgan fingerprint density at radius 2 is 2.16 bits per heavy atom. The quantitative estimate of drug-likeness (QED) is 0.807. The SMILES string of the molecule is COc1ccc(CNCCN2CCSCC2)c(F)c1. The van der Waals surface area contributed by atoms with Gasteiger partial charge in [0.2, 0.25) is 0 Å². The minimum absolute atomic E-state index is 0.207. The van der Waals surface area contributed by atoms with Gasteiger partial charge in [-0.2, -0.15) is 11.8 Å². The number of nitrogens with zero attached hydrogens (tertiary/aromatic N) is 1. The van der Waals surface area contributed by atoms with Crippen molar-refractivity contribution in [2.45, 2.75) is 6.54 Å². The number of halogens is 1. The lowest BCUT2D eigenvalue weighted by Crippen LogP contribution is -2.37. The van der Waals surface area contributed by atoms with Crippen LogP contribution in [0.5, 0.6) is 5.75 Å². The van der Waals surface area contributed by atoms with Crippen molar-refractivity contribution in [3.8, 4) is 5.75 Å². The first kappa shape index (κ1) is 14.6. The molecule has 0 bridgehead atoms. The highest BCUT2D eigenvalue weighted by molar-refractivity contribution is 7.99. The lowest BCUT2D eigenvalue weighted by atomic mass is 10.2. The number of thioether (sulfide) groups is 1. The maximum atomic E-state index is 13.7. The van der Waals surface area contributed by atoms with Crippen molar-refractivity contribution in [2.75, 3.05) is 44.8 Å². The molecule has 2 rings (SSSR count). The van der Waals surface area contributed by atoms with Gasteiger partial charge in [0.25, 0.3) is 0 Å². The Kier molecular flexibility index (Phi) is 5.94. The standard InChI is InChI=1S/C14H21FN2OS/c1-18-13-3-2-12(14(15)10-13)11-16-4-5-17-6-8-19-9-7-17/h2-3,10,16H,4-9,11H2,1H3. The highest BCUT2D eigenvalue weighted by Gasteiger charge is 2.09. The van der Waals surface area contributed by atoms with E-state index in [1.165, 1.54) is 30.7 Å². The zero-order chi connectivity index (χ0) is 13.5. The molecule has 5 heteroatoms. The Morgan fingerprint density at radius 1 is 1.37 bits per heavy atom. The number of ether oxygens (including phenoxy) is 1. The first-order chi connectivity index (χ1) is 9.29. The summed E-state index contributed by atoms with van der Waals surface area (Å²) in [7, 11) is 1.55. The van der Waals surface area contributed by atoms with Crippen molar-refractivity contribution in [1.82, 2.24) is 10.2 Å². The highest BCUT2D eigenvalue weighted by atomic mass is 32.2. The lowest BCUT2D eigenvalue weighted by molar-refractivity contribution is 0.300. The molecule has 0 radical (unpaired) electrons. The molecule has 1 saturated heterocycles. The molecule has 1 fully saturated rings. The largest absolute Gasteiger partial charge is 0.497 e. The molecule has 1 aromatic rings. The van der Waals surface area contributed by atoms with E-state index in [0.29, 0.717) is 17.9 Å². The molecule has 1 aromatic carbocycles. The topological polar surface area (TPSA) is 24.5 Å². The van der Waals surface area contributed by atoms with E-state index in [-0.39, 0.29) is 5.82 Å². The Labute approximate surface area is 118 Å². The maximum Gasteiger partial charge on any atom is 0.131 e. The number of benzene rings is 1. The van der Waals surface area contributed by atoms with E-state index in [9.17, 15) is 4.39 Å². The molecule has 1 heterocycles. The zero-order valence-electron chi connectivity index (χ0n) is 11.3. The van der Waals surface area contributed by atoms with E-state index in [2.05, 4.69) is 10.2 Å². The lowest BCUT2D eigenvalue weighted by Gasteiger charge is -2.26. The Bertz CT molecular complexity index is 397. The van der Waals surface area contributed by atoms with Crippen LogP contribution in [-0.4, -0.2) is 49.7 Å². The number of rotatable bonds is 6. The van der Waals surface area contributed by atoms with Crippen LogP contribution >= 0.6 is 11.8 Å². The molecule has 19 heavy (non-hydrogen) atoms. The molecule has 1 N–H and O–H groups in total. The van der Waals surface area contributed by atoms with Crippen molar-refractivity contribution in [3.63, 3.8) is 0 Å². The number of hydrogen-bond donors (Lipinski definition) is 1. The monoisotopic (exact) mass is 284 g/mol. The second-order valence-corrected chi connectivity index (χ2v) is 5.81. The van der Waals surface area contributed by atoms with E-state index in [1.807, 2.05) is 11.8 Å². The van der Waals surface area contributed by atoms with Gasteiger partial charge in [-0.15, -0.1) is 0 Å². The molecule has 106 valence electrons. The van der Waals surface area contributed by atoms with Gasteiger partial charge in [-0.1, -0.05) is 6.07 Å². The fourth-order valence-corrected chi connectivity index (χ4v) is 3.06. The number of hydrogen-bond acceptors (Lipinski definition) is 4. The molecule has 0 unspecified atom stereocenters. The molecular weight excluding hydrogens is 263 g/mol. The van der Waals surface area contributed by atoms with Gasteiger partial charge in [-0.25, -0.2) is 4.39 Å². The van der Waals surface area contributed by atoms with E-state index in [4.69, 9.17) is 4.74 Å². The van der Waals surface area contributed by atoms with Crippen LogP contribution in [0.4, 0.5) is 4.39 Å². The van der Waals surface area contributed by atoms with Gasteiger partial charge in [0.1, 0.15) is 11.6 Å². The summed E-state index contributed by atoms with van der Waals surface area (Å²) in [6.45, 7) is 4.85. The van der Waals surface area contributed by atoms with Gasteiger partial charge in [0, 0.05) is 55.9 Å². The van der Waals surface area contributed by atoms with Crippen LogP contribution in [0.3, 0.4) is 0 Å². The molecule has 0 atom stereocenters.